The standard InChI is InChI=1S/C11H13N3O4S2/c1-2-7(6-10(15)16)14-20(17,18)9-5-3-4-8-11(9)13-19-12-8/h3-5,7,14H,2,6H2,1H3,(H,15,16). The molecule has 0 bridgehead atoms. The maximum atomic E-state index is 12.3. The molecule has 9 heteroatoms. The third-order valence-electron chi connectivity index (χ3n) is 2.77. The molecular weight excluding hydrogens is 302 g/mol. The molecule has 7 nitrogen and oxygen atoms in total. The maximum Gasteiger partial charge on any atom is 0.304 e. The summed E-state index contributed by atoms with van der Waals surface area (Å²) in [5.41, 5.74) is 0.805. The van der Waals surface area contributed by atoms with Crippen LogP contribution in [0.25, 0.3) is 0 Å². The van der Waals surface area contributed by atoms with E-state index in [0.717, 1.165) is 11.4 Å². The summed E-state index contributed by atoms with van der Waals surface area (Å²) in [6.45, 7) is 1.72. The van der Waals surface area contributed by atoms with Crippen molar-refractivity contribution < 1.29 is 18.3 Å². The van der Waals surface area contributed by atoms with Gasteiger partial charge in [-0.15, -0.1) is 0 Å². The molecule has 0 radical (unpaired) electrons. The fourth-order valence-corrected chi connectivity index (χ4v) is 3.85. The lowest BCUT2D eigenvalue weighted by Gasteiger charge is -2.15. The predicted octanol–water partition coefficient (Wildman–Crippen LogP) is 1.94. The van der Waals surface area contributed by atoms with Crippen molar-refractivity contribution in [3.05, 3.63) is 18.2 Å². The molecule has 1 atom stereocenters. The minimum atomic E-state index is -3.82. The second kappa shape index (κ2) is 5.81. The molecule has 1 aliphatic rings. The van der Waals surface area contributed by atoms with E-state index in [-0.39, 0.29) is 11.3 Å². The van der Waals surface area contributed by atoms with Crippen molar-refractivity contribution in [3.8, 4) is 0 Å². The van der Waals surface area contributed by atoms with E-state index in [0.29, 0.717) is 17.8 Å². The van der Waals surface area contributed by atoms with Gasteiger partial charge in [-0.2, -0.15) is 8.73 Å². The van der Waals surface area contributed by atoms with E-state index in [1.807, 2.05) is 0 Å². The second-order valence-electron chi connectivity index (χ2n) is 4.21. The van der Waals surface area contributed by atoms with E-state index in [1.165, 1.54) is 6.07 Å². The van der Waals surface area contributed by atoms with Crippen LogP contribution in [0, 0.1) is 0 Å². The van der Waals surface area contributed by atoms with Crippen LogP contribution in [0.3, 0.4) is 0 Å². The molecule has 0 fully saturated rings. The molecule has 0 spiro atoms. The lowest BCUT2D eigenvalue weighted by atomic mass is 10.2. The molecule has 0 aromatic heterocycles. The summed E-state index contributed by atoms with van der Waals surface area (Å²) in [6.07, 6.45) is 0.123. The Labute approximate surface area is 120 Å². The van der Waals surface area contributed by atoms with Crippen molar-refractivity contribution in [2.75, 3.05) is 0 Å². The number of nitrogens with one attached hydrogen (secondary N) is 1. The molecule has 20 heavy (non-hydrogen) atoms. The zero-order valence-electron chi connectivity index (χ0n) is 10.6. The molecule has 1 aromatic carbocycles. The smallest absolute Gasteiger partial charge is 0.304 e. The van der Waals surface area contributed by atoms with Gasteiger partial charge in [0, 0.05) is 6.04 Å². The Morgan fingerprint density at radius 1 is 1.45 bits per heavy atom. The van der Waals surface area contributed by atoms with Gasteiger partial charge in [0.1, 0.15) is 16.3 Å². The van der Waals surface area contributed by atoms with E-state index in [4.69, 9.17) is 5.11 Å². The number of carboxylic acid groups (broad SMARTS) is 1. The Balaban J connectivity index is 2.30. The number of rotatable bonds is 6. The average molecular weight is 315 g/mol. The molecule has 2 N–H and O–H groups in total. The zero-order chi connectivity index (χ0) is 14.8. The fourth-order valence-electron chi connectivity index (χ4n) is 1.76. The number of benzene rings is 1. The van der Waals surface area contributed by atoms with Crippen molar-refractivity contribution >= 4 is 38.7 Å². The van der Waals surface area contributed by atoms with Crippen LogP contribution < -0.4 is 4.72 Å². The predicted molar refractivity (Wildman–Crippen MR) is 74.6 cm³/mol. The van der Waals surface area contributed by atoms with Crippen LogP contribution in [0.15, 0.2) is 31.8 Å². The van der Waals surface area contributed by atoms with E-state index in [9.17, 15) is 13.2 Å². The Bertz CT molecular complexity index is 708. The van der Waals surface area contributed by atoms with E-state index in [1.54, 1.807) is 19.1 Å². The number of sulfonamides is 1. The second-order valence-corrected chi connectivity index (χ2v) is 6.42. The van der Waals surface area contributed by atoms with Gasteiger partial charge in [0.05, 0.1) is 17.8 Å². The van der Waals surface area contributed by atoms with Crippen LogP contribution in [0.1, 0.15) is 19.8 Å². The molecule has 1 heterocycles. The summed E-state index contributed by atoms with van der Waals surface area (Å²) >= 11 is 0.932. The summed E-state index contributed by atoms with van der Waals surface area (Å²) in [6, 6.07) is 4.03. The number of hydrogen-bond donors (Lipinski definition) is 2. The molecule has 0 saturated heterocycles. The van der Waals surface area contributed by atoms with Gasteiger partial charge in [0.25, 0.3) is 0 Å². The largest absolute Gasteiger partial charge is 0.481 e. The molecule has 1 unspecified atom stereocenters. The topological polar surface area (TPSA) is 108 Å². The van der Waals surface area contributed by atoms with Crippen molar-refractivity contribution in [1.82, 2.24) is 4.72 Å². The van der Waals surface area contributed by atoms with Crippen LogP contribution in [0.4, 0.5) is 11.4 Å². The third-order valence-corrected chi connectivity index (χ3v) is 4.87. The van der Waals surface area contributed by atoms with Gasteiger partial charge in [0.15, 0.2) is 0 Å². The zero-order valence-corrected chi connectivity index (χ0v) is 12.2. The first-order chi connectivity index (χ1) is 9.44. The van der Waals surface area contributed by atoms with Gasteiger partial charge in [0.2, 0.25) is 10.0 Å². The molecule has 1 aromatic rings. The highest BCUT2D eigenvalue weighted by Crippen LogP contribution is 2.37. The molecule has 2 rings (SSSR count). The van der Waals surface area contributed by atoms with E-state index in [2.05, 4.69) is 13.4 Å². The number of aliphatic carboxylic acids is 1. The number of hydrogen-bond acceptors (Lipinski definition) is 5. The summed E-state index contributed by atoms with van der Waals surface area (Å²) in [5.74, 6) is -1.05. The molecule has 0 amide bonds. The highest BCUT2D eigenvalue weighted by Gasteiger charge is 2.25. The van der Waals surface area contributed by atoms with Gasteiger partial charge in [-0.25, -0.2) is 13.1 Å². The first kappa shape index (κ1) is 14.8. The Morgan fingerprint density at radius 3 is 2.85 bits per heavy atom. The minimum absolute atomic E-state index is 0.0209. The minimum Gasteiger partial charge on any atom is -0.481 e. The van der Waals surface area contributed by atoms with Gasteiger partial charge in [-0.05, 0) is 18.6 Å². The molecule has 0 saturated carbocycles. The Hall–Kier alpha value is -1.58. The number of carbonyl (C=O) groups is 1. The van der Waals surface area contributed by atoms with Crippen LogP contribution >= 0.6 is 0 Å². The quantitative estimate of drug-likeness (QED) is 0.849. The Morgan fingerprint density at radius 2 is 2.20 bits per heavy atom. The Kier molecular flexibility index (Phi) is 4.31. The first-order valence-electron chi connectivity index (χ1n) is 5.89. The van der Waals surface area contributed by atoms with Gasteiger partial charge < -0.3 is 5.11 Å². The van der Waals surface area contributed by atoms with Crippen molar-refractivity contribution in [2.24, 2.45) is 8.73 Å². The first-order valence-corrected chi connectivity index (χ1v) is 8.10. The number of carboxylic acids is 1. The number of nitrogens with zero attached hydrogens (tertiary/aromatic N) is 2. The summed E-state index contributed by atoms with van der Waals surface area (Å²) in [4.78, 5) is 10.7. The van der Waals surface area contributed by atoms with Crippen LogP contribution in [-0.2, 0) is 26.2 Å². The fraction of sp³-hybridized carbons (Fsp3) is 0.364. The monoisotopic (exact) mass is 315 g/mol. The summed E-state index contributed by atoms with van der Waals surface area (Å²) in [5, 5.41) is 8.77. The normalized spacial score (nSPS) is 14.7. The summed E-state index contributed by atoms with van der Waals surface area (Å²) in [7, 11) is -3.82. The van der Waals surface area contributed by atoms with Gasteiger partial charge >= 0.3 is 5.97 Å². The van der Waals surface area contributed by atoms with E-state index < -0.39 is 22.0 Å². The molecule has 0 aliphatic carbocycles. The molecular formula is C11H13N3O4S2. The molecule has 108 valence electrons. The highest BCUT2D eigenvalue weighted by molar-refractivity contribution is 7.89. The third kappa shape index (κ3) is 3.11. The van der Waals surface area contributed by atoms with E-state index >= 15 is 0 Å². The van der Waals surface area contributed by atoms with Crippen LogP contribution in [0.2, 0.25) is 0 Å². The van der Waals surface area contributed by atoms with Crippen LogP contribution in [0.5, 0.6) is 0 Å². The van der Waals surface area contributed by atoms with Crippen LogP contribution in [-0.4, -0.2) is 25.5 Å². The lowest BCUT2D eigenvalue weighted by Crippen LogP contribution is -2.36. The van der Waals surface area contributed by atoms with Crippen molar-refractivity contribution in [1.29, 1.82) is 0 Å². The van der Waals surface area contributed by atoms with Gasteiger partial charge in [-0.3, -0.25) is 4.79 Å². The SMILES string of the molecule is CCC(CC(=O)O)NS(=O)(=O)c1cccc2c1N=S=N2. The lowest BCUT2D eigenvalue weighted by molar-refractivity contribution is -0.137. The highest BCUT2D eigenvalue weighted by atomic mass is 32.2. The maximum absolute atomic E-state index is 12.3. The van der Waals surface area contributed by atoms with Gasteiger partial charge in [-0.1, -0.05) is 13.0 Å². The molecule has 1 aliphatic heterocycles. The van der Waals surface area contributed by atoms with Crippen molar-refractivity contribution in [2.45, 2.75) is 30.7 Å². The summed E-state index contributed by atoms with van der Waals surface area (Å²) < 4.78 is 35.0. The average Bonchev–Trinajstić information content (AvgIpc) is 2.84. The van der Waals surface area contributed by atoms with Crippen molar-refractivity contribution in [3.63, 3.8) is 0 Å². The number of fused-ring (bicyclic) bond motifs is 1.